The Morgan fingerprint density at radius 2 is 1.93 bits per heavy atom. The van der Waals surface area contributed by atoms with Gasteiger partial charge >= 0.3 is 0 Å². The molecule has 0 radical (unpaired) electrons. The Morgan fingerprint density at radius 3 is 2.80 bits per heavy atom. The largest absolute Gasteiger partial charge is 0.508 e. The van der Waals surface area contributed by atoms with Crippen molar-refractivity contribution in [2.24, 2.45) is 0 Å². The summed E-state index contributed by atoms with van der Waals surface area (Å²) in [5, 5.41) is 10.9. The van der Waals surface area contributed by atoms with E-state index >= 15 is 0 Å². The Morgan fingerprint density at radius 1 is 1.10 bits per heavy atom. The average Bonchev–Trinajstić information content (AvgIpc) is 3.33. The Balaban J connectivity index is 1.59. The van der Waals surface area contributed by atoms with Gasteiger partial charge in [-0.05, 0) is 35.4 Å². The summed E-state index contributed by atoms with van der Waals surface area (Å²) in [5.74, 6) is 1.27. The van der Waals surface area contributed by atoms with Crippen LogP contribution in [0.1, 0.15) is 22.9 Å². The molecule has 4 heterocycles. The molecule has 3 aromatic rings. The highest BCUT2D eigenvalue weighted by Gasteiger charge is 2.47. The Hall–Kier alpha value is -3.68. The van der Waals surface area contributed by atoms with Crippen molar-refractivity contribution in [2.75, 3.05) is 20.4 Å². The first-order valence-electron chi connectivity index (χ1n) is 9.80. The van der Waals surface area contributed by atoms with Crippen molar-refractivity contribution in [3.8, 4) is 17.2 Å². The first kappa shape index (κ1) is 17.2. The summed E-state index contributed by atoms with van der Waals surface area (Å²) in [7, 11) is 1.66. The number of phenols is 1. The number of amides is 2. The van der Waals surface area contributed by atoms with Crippen LogP contribution in [0.15, 0.2) is 36.4 Å². The topological polar surface area (TPSA) is 95.1 Å². The second-order valence-electron chi connectivity index (χ2n) is 7.98. The molecule has 152 valence electrons. The number of H-pyrrole nitrogens is 1. The van der Waals surface area contributed by atoms with Crippen LogP contribution in [0.5, 0.6) is 17.2 Å². The minimum atomic E-state index is -0.577. The molecule has 2 amide bonds. The monoisotopic (exact) mass is 405 g/mol. The minimum absolute atomic E-state index is 0.0483. The maximum atomic E-state index is 13.1. The van der Waals surface area contributed by atoms with Gasteiger partial charge in [-0.25, -0.2) is 0 Å². The van der Waals surface area contributed by atoms with Crippen molar-refractivity contribution in [1.29, 1.82) is 0 Å². The number of carbonyl (C=O) groups is 2. The van der Waals surface area contributed by atoms with Gasteiger partial charge in [0.25, 0.3) is 0 Å². The van der Waals surface area contributed by atoms with Crippen LogP contribution < -0.4 is 9.47 Å². The second-order valence-corrected chi connectivity index (χ2v) is 7.98. The third-order valence-corrected chi connectivity index (χ3v) is 6.24. The number of aromatic amines is 1. The zero-order valence-corrected chi connectivity index (χ0v) is 16.2. The molecule has 1 saturated heterocycles. The first-order chi connectivity index (χ1) is 14.5. The highest BCUT2D eigenvalue weighted by Crippen LogP contribution is 2.45. The van der Waals surface area contributed by atoms with Gasteiger partial charge in [-0.2, -0.15) is 0 Å². The normalized spacial score (nSPS) is 22.4. The number of nitrogens with one attached hydrogen (secondary N) is 1. The molecule has 1 unspecified atom stereocenters. The summed E-state index contributed by atoms with van der Waals surface area (Å²) in [6, 6.07) is 9.72. The Kier molecular flexibility index (Phi) is 3.39. The predicted molar refractivity (Wildman–Crippen MR) is 106 cm³/mol. The van der Waals surface area contributed by atoms with E-state index in [0.29, 0.717) is 17.9 Å². The van der Waals surface area contributed by atoms with E-state index in [1.807, 2.05) is 24.3 Å². The lowest BCUT2D eigenvalue weighted by atomic mass is 9.86. The van der Waals surface area contributed by atoms with E-state index in [1.165, 1.54) is 4.90 Å². The molecule has 8 heteroatoms. The van der Waals surface area contributed by atoms with Gasteiger partial charge in [0.2, 0.25) is 18.6 Å². The number of ether oxygens (including phenoxy) is 2. The lowest BCUT2D eigenvalue weighted by molar-refractivity contribution is -0.157. The van der Waals surface area contributed by atoms with Crippen molar-refractivity contribution >= 4 is 22.7 Å². The fraction of sp³-hybridized carbons (Fsp3) is 0.273. The fourth-order valence-electron chi connectivity index (χ4n) is 4.88. The van der Waals surface area contributed by atoms with E-state index in [1.54, 1.807) is 24.1 Å². The number of aromatic hydroxyl groups is 1. The quantitative estimate of drug-likeness (QED) is 0.645. The number of rotatable bonds is 1. The summed E-state index contributed by atoms with van der Waals surface area (Å²) < 4.78 is 11.0. The number of hydrogen-bond acceptors (Lipinski definition) is 5. The van der Waals surface area contributed by atoms with Crippen LogP contribution in [0.3, 0.4) is 0 Å². The average molecular weight is 405 g/mol. The number of fused-ring (bicyclic) bond motifs is 5. The molecule has 8 nitrogen and oxygen atoms in total. The molecule has 2 N–H and O–H groups in total. The molecule has 0 bridgehead atoms. The maximum Gasteiger partial charge on any atom is 0.245 e. The van der Waals surface area contributed by atoms with Gasteiger partial charge in [0.05, 0.1) is 12.6 Å². The molecule has 30 heavy (non-hydrogen) atoms. The van der Waals surface area contributed by atoms with E-state index in [4.69, 9.17) is 9.47 Å². The van der Waals surface area contributed by atoms with Crippen molar-refractivity contribution in [1.82, 2.24) is 14.8 Å². The molecular weight excluding hydrogens is 386 g/mol. The maximum absolute atomic E-state index is 13.1. The summed E-state index contributed by atoms with van der Waals surface area (Å²) in [4.78, 5) is 32.7. The van der Waals surface area contributed by atoms with Gasteiger partial charge in [0.1, 0.15) is 11.8 Å². The molecule has 2 aromatic carbocycles. The lowest BCUT2D eigenvalue weighted by Gasteiger charge is -2.46. The van der Waals surface area contributed by atoms with Gasteiger partial charge in [-0.1, -0.05) is 6.07 Å². The van der Waals surface area contributed by atoms with E-state index in [-0.39, 0.29) is 30.9 Å². The van der Waals surface area contributed by atoms with Crippen LogP contribution in [0.4, 0.5) is 0 Å². The molecule has 1 aromatic heterocycles. The van der Waals surface area contributed by atoms with Crippen LogP contribution in [0.25, 0.3) is 10.9 Å². The summed E-state index contributed by atoms with van der Waals surface area (Å²) in [5.41, 5.74) is 3.47. The number of phenolic OH excluding ortho intramolecular Hbond substituents is 1. The second kappa shape index (κ2) is 5.91. The number of nitrogens with zero attached hydrogens (tertiary/aromatic N) is 2. The Bertz CT molecular complexity index is 1230. The van der Waals surface area contributed by atoms with Crippen LogP contribution in [-0.2, 0) is 16.0 Å². The molecule has 1 fully saturated rings. The molecular formula is C22H19N3O5. The van der Waals surface area contributed by atoms with E-state index in [0.717, 1.165) is 27.7 Å². The standard InChI is InChI=1S/C22H19N3O5/c1-24-9-19(27)25-16(22(24)28)8-14-13-4-3-12(26)7-15(13)23-20(14)21(25)11-2-5-17-18(6-11)30-10-29-17/h2-7,16,21,23,26H,8-10H2,1H3/t16?,21-/m1/s1. The summed E-state index contributed by atoms with van der Waals surface area (Å²) in [6.45, 7) is 0.210. The number of benzene rings is 2. The summed E-state index contributed by atoms with van der Waals surface area (Å²) >= 11 is 0. The zero-order chi connectivity index (χ0) is 20.6. The fourth-order valence-corrected chi connectivity index (χ4v) is 4.88. The Labute approximate surface area is 171 Å². The molecule has 0 aliphatic carbocycles. The van der Waals surface area contributed by atoms with Gasteiger partial charge in [-0.15, -0.1) is 0 Å². The van der Waals surface area contributed by atoms with Crippen LogP contribution in [-0.4, -0.2) is 58.1 Å². The van der Waals surface area contributed by atoms with Crippen molar-refractivity contribution < 1.29 is 24.2 Å². The third-order valence-electron chi connectivity index (χ3n) is 6.24. The predicted octanol–water partition coefficient (Wildman–Crippen LogP) is 1.92. The number of carbonyl (C=O) groups excluding carboxylic acids is 2. The van der Waals surface area contributed by atoms with Gasteiger partial charge < -0.3 is 29.4 Å². The molecule has 2 atom stereocenters. The highest BCUT2D eigenvalue weighted by molar-refractivity contribution is 5.97. The molecule has 6 rings (SSSR count). The molecule has 3 aliphatic rings. The number of piperazine rings is 1. The number of likely N-dealkylation sites (N-methyl/N-ethyl adjacent to an activating group) is 1. The van der Waals surface area contributed by atoms with Crippen molar-refractivity contribution in [2.45, 2.75) is 18.5 Å². The van der Waals surface area contributed by atoms with E-state index in [2.05, 4.69) is 4.98 Å². The lowest BCUT2D eigenvalue weighted by Crippen LogP contribution is -2.62. The van der Waals surface area contributed by atoms with Crippen molar-refractivity contribution in [3.05, 3.63) is 53.2 Å². The van der Waals surface area contributed by atoms with Gasteiger partial charge in [0.15, 0.2) is 11.5 Å². The zero-order valence-electron chi connectivity index (χ0n) is 16.2. The molecule has 3 aliphatic heterocycles. The number of hydrogen-bond donors (Lipinski definition) is 2. The van der Waals surface area contributed by atoms with E-state index < -0.39 is 12.1 Å². The van der Waals surface area contributed by atoms with Crippen LogP contribution in [0.2, 0.25) is 0 Å². The first-order valence-corrected chi connectivity index (χ1v) is 9.80. The van der Waals surface area contributed by atoms with Gasteiger partial charge in [0, 0.05) is 36.1 Å². The highest BCUT2D eigenvalue weighted by atomic mass is 16.7. The SMILES string of the molecule is CN1CC(=O)N2C(Cc3c([nH]c4cc(O)ccc34)[C@H]2c2ccc3c(c2)OCO3)C1=O. The molecule has 0 spiro atoms. The summed E-state index contributed by atoms with van der Waals surface area (Å²) in [6.07, 6.45) is 0.427. The van der Waals surface area contributed by atoms with Crippen molar-refractivity contribution in [3.63, 3.8) is 0 Å². The van der Waals surface area contributed by atoms with Crippen LogP contribution >= 0.6 is 0 Å². The van der Waals surface area contributed by atoms with Gasteiger partial charge in [-0.3, -0.25) is 9.59 Å². The smallest absolute Gasteiger partial charge is 0.245 e. The third kappa shape index (κ3) is 2.27. The number of aromatic nitrogens is 1. The minimum Gasteiger partial charge on any atom is -0.508 e. The van der Waals surface area contributed by atoms with E-state index in [9.17, 15) is 14.7 Å². The molecule has 0 saturated carbocycles. The van der Waals surface area contributed by atoms with Crippen LogP contribution in [0, 0.1) is 0 Å².